The standard InChI is InChI=1S/C21H26N2O4S/c1-5-17(24)22-16-8-6-7-14(11-16)18(25)23-9-10-28-21(23)12-15(13-21)19(26)27-20(2,3)4/h5-8,11,15H,1,9-10,12-13H2,2-4H3,(H,22,24). The van der Waals surface area contributed by atoms with Crippen LogP contribution in [0.4, 0.5) is 5.69 Å². The molecule has 1 saturated carbocycles. The average molecular weight is 403 g/mol. The lowest BCUT2D eigenvalue weighted by atomic mass is 9.78. The highest BCUT2D eigenvalue weighted by molar-refractivity contribution is 8.00. The summed E-state index contributed by atoms with van der Waals surface area (Å²) in [6.45, 7) is 9.65. The maximum absolute atomic E-state index is 13.1. The fourth-order valence-electron chi connectivity index (χ4n) is 3.57. The van der Waals surface area contributed by atoms with Crippen LogP contribution in [0.25, 0.3) is 0 Å². The van der Waals surface area contributed by atoms with Crippen molar-refractivity contribution in [3.8, 4) is 0 Å². The Hall–Kier alpha value is -2.28. The number of hydrogen-bond donors (Lipinski definition) is 1. The summed E-state index contributed by atoms with van der Waals surface area (Å²) in [6.07, 6.45) is 2.42. The third-order valence-corrected chi connectivity index (χ3v) is 6.33. The van der Waals surface area contributed by atoms with Crippen LogP contribution >= 0.6 is 11.8 Å². The highest BCUT2D eigenvalue weighted by atomic mass is 32.2. The normalized spacial score (nSPS) is 23.8. The molecule has 150 valence electrons. The van der Waals surface area contributed by atoms with Gasteiger partial charge in [-0.2, -0.15) is 0 Å². The number of carbonyl (C=O) groups excluding carboxylic acids is 3. The van der Waals surface area contributed by atoms with Crippen LogP contribution in [0.5, 0.6) is 0 Å². The number of anilines is 1. The summed E-state index contributed by atoms with van der Waals surface area (Å²) in [5.74, 6) is 0.0875. The van der Waals surface area contributed by atoms with Gasteiger partial charge in [-0.15, -0.1) is 11.8 Å². The molecule has 0 bridgehead atoms. The summed E-state index contributed by atoms with van der Waals surface area (Å²) in [5.41, 5.74) is 0.565. The van der Waals surface area contributed by atoms with E-state index in [1.807, 2.05) is 25.7 Å². The summed E-state index contributed by atoms with van der Waals surface area (Å²) in [5, 5.41) is 2.68. The van der Waals surface area contributed by atoms with Gasteiger partial charge in [-0.05, 0) is 57.9 Å². The molecule has 1 saturated heterocycles. The molecule has 2 aliphatic rings. The number of nitrogens with zero attached hydrogens (tertiary/aromatic N) is 1. The van der Waals surface area contributed by atoms with Gasteiger partial charge in [0.2, 0.25) is 5.91 Å². The quantitative estimate of drug-likeness (QED) is 0.617. The highest BCUT2D eigenvalue weighted by Crippen LogP contribution is 2.54. The Morgan fingerprint density at radius 1 is 1.32 bits per heavy atom. The maximum Gasteiger partial charge on any atom is 0.309 e. The van der Waals surface area contributed by atoms with Gasteiger partial charge in [0.05, 0.1) is 10.8 Å². The van der Waals surface area contributed by atoms with Crippen molar-refractivity contribution in [2.75, 3.05) is 17.6 Å². The molecule has 1 aliphatic heterocycles. The van der Waals surface area contributed by atoms with Crippen LogP contribution in [0, 0.1) is 5.92 Å². The zero-order chi connectivity index (χ0) is 20.5. The Morgan fingerprint density at radius 3 is 2.68 bits per heavy atom. The van der Waals surface area contributed by atoms with Crippen molar-refractivity contribution >= 4 is 35.2 Å². The fraction of sp³-hybridized carbons (Fsp3) is 0.476. The molecule has 0 radical (unpaired) electrons. The molecule has 1 spiro atoms. The van der Waals surface area contributed by atoms with Gasteiger partial charge in [0, 0.05) is 23.5 Å². The molecule has 3 rings (SSSR count). The molecule has 2 fully saturated rings. The van der Waals surface area contributed by atoms with Crippen molar-refractivity contribution in [1.29, 1.82) is 0 Å². The van der Waals surface area contributed by atoms with Gasteiger partial charge in [0.1, 0.15) is 5.60 Å². The molecule has 0 unspecified atom stereocenters. The summed E-state index contributed by atoms with van der Waals surface area (Å²) in [4.78, 5) is 38.5. The minimum Gasteiger partial charge on any atom is -0.460 e. The van der Waals surface area contributed by atoms with E-state index in [0.717, 1.165) is 5.75 Å². The Kier molecular flexibility index (Phi) is 5.57. The topological polar surface area (TPSA) is 75.7 Å². The first-order chi connectivity index (χ1) is 13.1. The second-order valence-electron chi connectivity index (χ2n) is 8.16. The van der Waals surface area contributed by atoms with Crippen molar-refractivity contribution in [1.82, 2.24) is 4.90 Å². The van der Waals surface area contributed by atoms with E-state index in [9.17, 15) is 14.4 Å². The lowest BCUT2D eigenvalue weighted by Gasteiger charge is -2.49. The predicted molar refractivity (Wildman–Crippen MR) is 110 cm³/mol. The largest absolute Gasteiger partial charge is 0.460 e. The molecule has 0 atom stereocenters. The lowest BCUT2D eigenvalue weighted by Crippen LogP contribution is -2.56. The van der Waals surface area contributed by atoms with Gasteiger partial charge < -0.3 is 15.0 Å². The molecule has 1 aliphatic carbocycles. The number of ether oxygens (including phenoxy) is 1. The van der Waals surface area contributed by atoms with Crippen molar-refractivity contribution in [3.63, 3.8) is 0 Å². The van der Waals surface area contributed by atoms with Crippen LogP contribution < -0.4 is 5.32 Å². The van der Waals surface area contributed by atoms with E-state index in [0.29, 0.717) is 30.6 Å². The second kappa shape index (κ2) is 7.62. The second-order valence-corrected chi connectivity index (χ2v) is 9.62. The smallest absolute Gasteiger partial charge is 0.309 e. The number of hydrogen-bond acceptors (Lipinski definition) is 5. The number of carbonyl (C=O) groups is 3. The van der Waals surface area contributed by atoms with Crippen molar-refractivity contribution in [3.05, 3.63) is 42.5 Å². The monoisotopic (exact) mass is 402 g/mol. The Morgan fingerprint density at radius 2 is 2.04 bits per heavy atom. The first-order valence-electron chi connectivity index (χ1n) is 9.36. The third-order valence-electron chi connectivity index (χ3n) is 4.86. The number of nitrogens with one attached hydrogen (secondary N) is 1. The molecule has 0 aromatic heterocycles. The minimum atomic E-state index is -0.505. The number of thioether (sulfide) groups is 1. The molecule has 1 N–H and O–H groups in total. The summed E-state index contributed by atoms with van der Waals surface area (Å²) < 4.78 is 5.49. The van der Waals surface area contributed by atoms with Crippen molar-refractivity contribution < 1.29 is 19.1 Å². The molecule has 7 heteroatoms. The van der Waals surface area contributed by atoms with E-state index in [4.69, 9.17) is 4.74 Å². The lowest BCUT2D eigenvalue weighted by molar-refractivity contribution is -0.165. The molecular weight excluding hydrogens is 376 g/mol. The number of benzene rings is 1. The summed E-state index contributed by atoms with van der Waals surface area (Å²) in [7, 11) is 0. The molecule has 1 aromatic carbocycles. The first kappa shape index (κ1) is 20.5. The van der Waals surface area contributed by atoms with Gasteiger partial charge >= 0.3 is 5.97 Å². The van der Waals surface area contributed by atoms with Crippen LogP contribution in [0.3, 0.4) is 0 Å². The summed E-state index contributed by atoms with van der Waals surface area (Å²) in [6, 6.07) is 6.89. The van der Waals surface area contributed by atoms with Crippen LogP contribution in [-0.2, 0) is 14.3 Å². The van der Waals surface area contributed by atoms with Crippen LogP contribution in [-0.4, -0.2) is 45.5 Å². The van der Waals surface area contributed by atoms with Crippen LogP contribution in [0.1, 0.15) is 44.0 Å². The number of rotatable bonds is 4. The van der Waals surface area contributed by atoms with E-state index in [1.165, 1.54) is 6.08 Å². The van der Waals surface area contributed by atoms with Crippen molar-refractivity contribution in [2.45, 2.75) is 44.1 Å². The fourth-order valence-corrected chi connectivity index (χ4v) is 5.20. The third kappa shape index (κ3) is 4.24. The predicted octanol–water partition coefficient (Wildman–Crippen LogP) is 3.45. The first-order valence-corrected chi connectivity index (χ1v) is 10.3. The van der Waals surface area contributed by atoms with Crippen LogP contribution in [0.15, 0.2) is 36.9 Å². The van der Waals surface area contributed by atoms with Gasteiger partial charge in [-0.25, -0.2) is 0 Å². The van der Waals surface area contributed by atoms with Gasteiger partial charge in [0.25, 0.3) is 5.91 Å². The minimum absolute atomic E-state index is 0.0812. The maximum atomic E-state index is 13.1. The van der Waals surface area contributed by atoms with E-state index < -0.39 is 5.60 Å². The van der Waals surface area contributed by atoms with Gasteiger partial charge in [0.15, 0.2) is 0 Å². The summed E-state index contributed by atoms with van der Waals surface area (Å²) >= 11 is 1.73. The highest BCUT2D eigenvalue weighted by Gasteiger charge is 2.56. The molecule has 2 amide bonds. The molecular formula is C21H26N2O4S. The zero-order valence-electron chi connectivity index (χ0n) is 16.5. The van der Waals surface area contributed by atoms with E-state index in [2.05, 4.69) is 11.9 Å². The molecule has 28 heavy (non-hydrogen) atoms. The number of amides is 2. The van der Waals surface area contributed by atoms with E-state index >= 15 is 0 Å². The van der Waals surface area contributed by atoms with Crippen LogP contribution in [0.2, 0.25) is 0 Å². The van der Waals surface area contributed by atoms with E-state index in [1.54, 1.807) is 36.0 Å². The van der Waals surface area contributed by atoms with Crippen molar-refractivity contribution in [2.24, 2.45) is 5.92 Å². The van der Waals surface area contributed by atoms with Gasteiger partial charge in [-0.3, -0.25) is 14.4 Å². The molecule has 6 nitrogen and oxygen atoms in total. The molecule has 1 heterocycles. The Balaban J connectivity index is 1.69. The molecule has 1 aromatic rings. The Bertz CT molecular complexity index is 809. The average Bonchev–Trinajstić information content (AvgIpc) is 3.03. The zero-order valence-corrected chi connectivity index (χ0v) is 17.3. The SMILES string of the molecule is C=CC(=O)Nc1cccc(C(=O)N2CCSC23CC(C(=O)OC(C)(C)C)C3)c1. The van der Waals surface area contributed by atoms with E-state index in [-0.39, 0.29) is 28.6 Å². The van der Waals surface area contributed by atoms with Gasteiger partial charge in [-0.1, -0.05) is 12.6 Å². The number of esters is 1. The Labute approximate surface area is 169 Å².